The molecule has 0 aliphatic heterocycles. The third kappa shape index (κ3) is 3.87. The maximum atomic E-state index is 10.6. The fraction of sp³-hybridized carbons (Fsp3) is 0.444. The zero-order valence-electron chi connectivity index (χ0n) is 7.47. The molecule has 0 aromatic rings. The van der Waals surface area contributed by atoms with E-state index in [0.717, 1.165) is 0 Å². The summed E-state index contributed by atoms with van der Waals surface area (Å²) in [6.45, 7) is 4.74. The zero-order valence-corrected chi connectivity index (χ0v) is 7.47. The van der Waals surface area contributed by atoms with Gasteiger partial charge in [-0.3, -0.25) is 0 Å². The van der Waals surface area contributed by atoms with Crippen molar-refractivity contribution in [2.75, 3.05) is 0 Å². The van der Waals surface area contributed by atoms with Gasteiger partial charge in [-0.25, -0.2) is 4.79 Å². The number of rotatable bonds is 5. The minimum atomic E-state index is -1.35. The predicted molar refractivity (Wildman–Crippen MR) is 48.2 cm³/mol. The van der Waals surface area contributed by atoms with Crippen molar-refractivity contribution >= 4 is 5.97 Å². The van der Waals surface area contributed by atoms with Crippen LogP contribution in [0.5, 0.6) is 0 Å². The molecular formula is C9H14O4. The minimum Gasteiger partial charge on any atom is -0.478 e. The molecule has 0 saturated heterocycles. The van der Waals surface area contributed by atoms with Gasteiger partial charge in [0.1, 0.15) is 6.10 Å². The molecular weight excluding hydrogens is 172 g/mol. The highest BCUT2D eigenvalue weighted by Gasteiger charge is 2.21. The summed E-state index contributed by atoms with van der Waals surface area (Å²) in [6.07, 6.45) is 0.750. The molecule has 74 valence electrons. The van der Waals surface area contributed by atoms with Crippen molar-refractivity contribution in [3.8, 4) is 0 Å². The summed E-state index contributed by atoms with van der Waals surface area (Å²) in [5.74, 6) is -1.23. The smallest absolute Gasteiger partial charge is 0.334 e. The molecule has 0 aliphatic carbocycles. The number of aliphatic hydroxyl groups is 2. The number of aliphatic carboxylic acids is 1. The third-order valence-electron chi connectivity index (χ3n) is 1.53. The van der Waals surface area contributed by atoms with Crippen molar-refractivity contribution in [3.63, 3.8) is 0 Å². The van der Waals surface area contributed by atoms with Gasteiger partial charge in [-0.05, 0) is 13.3 Å². The van der Waals surface area contributed by atoms with E-state index in [1.54, 1.807) is 0 Å². The number of carboxylic acid groups (broad SMARTS) is 1. The minimum absolute atomic E-state index is 0.199. The molecule has 0 saturated carbocycles. The second-order valence-electron chi connectivity index (χ2n) is 2.67. The average Bonchev–Trinajstić information content (AvgIpc) is 2.04. The second-order valence-corrected chi connectivity index (χ2v) is 2.67. The molecule has 0 aromatic carbocycles. The Labute approximate surface area is 76.8 Å². The highest BCUT2D eigenvalue weighted by atomic mass is 16.4. The zero-order chi connectivity index (χ0) is 10.4. The van der Waals surface area contributed by atoms with Gasteiger partial charge in [0.05, 0.1) is 11.7 Å². The molecule has 13 heavy (non-hydrogen) atoms. The van der Waals surface area contributed by atoms with E-state index < -0.39 is 18.2 Å². The average molecular weight is 186 g/mol. The lowest BCUT2D eigenvalue weighted by Gasteiger charge is -2.13. The Balaban J connectivity index is 4.59. The first kappa shape index (κ1) is 11.9. The van der Waals surface area contributed by atoms with Crippen LogP contribution >= 0.6 is 0 Å². The molecule has 3 N–H and O–H groups in total. The number of carbonyl (C=O) groups is 1. The fourth-order valence-corrected chi connectivity index (χ4v) is 0.805. The molecule has 4 heteroatoms. The Morgan fingerprint density at radius 1 is 1.54 bits per heavy atom. The van der Waals surface area contributed by atoms with Gasteiger partial charge in [0.15, 0.2) is 0 Å². The molecule has 2 unspecified atom stereocenters. The van der Waals surface area contributed by atoms with Gasteiger partial charge >= 0.3 is 5.97 Å². The Morgan fingerprint density at radius 3 is 2.38 bits per heavy atom. The Hall–Kier alpha value is -1.13. The lowest BCUT2D eigenvalue weighted by Crippen LogP contribution is -2.28. The van der Waals surface area contributed by atoms with Gasteiger partial charge in [-0.2, -0.15) is 0 Å². The lowest BCUT2D eigenvalue weighted by molar-refractivity contribution is -0.134. The van der Waals surface area contributed by atoms with Gasteiger partial charge in [-0.15, -0.1) is 6.58 Å². The maximum Gasteiger partial charge on any atom is 0.334 e. The molecule has 0 rings (SSSR count). The normalized spacial score (nSPS) is 16.4. The summed E-state index contributed by atoms with van der Waals surface area (Å²) in [5, 5.41) is 26.9. The lowest BCUT2D eigenvalue weighted by atomic mass is 10.0. The van der Waals surface area contributed by atoms with E-state index in [1.165, 1.54) is 19.1 Å². The summed E-state index contributed by atoms with van der Waals surface area (Å²) in [6, 6.07) is 0. The first-order valence-electron chi connectivity index (χ1n) is 3.91. The van der Waals surface area contributed by atoms with Gasteiger partial charge in [0, 0.05) is 0 Å². The fourth-order valence-electron chi connectivity index (χ4n) is 0.805. The summed E-state index contributed by atoms with van der Waals surface area (Å²) in [7, 11) is 0. The van der Waals surface area contributed by atoms with E-state index in [-0.39, 0.29) is 5.57 Å². The van der Waals surface area contributed by atoms with Crippen molar-refractivity contribution in [1.82, 2.24) is 0 Å². The Bertz CT molecular complexity index is 218. The van der Waals surface area contributed by atoms with Crippen LogP contribution in [0.15, 0.2) is 24.3 Å². The third-order valence-corrected chi connectivity index (χ3v) is 1.53. The molecule has 0 heterocycles. The van der Waals surface area contributed by atoms with Crippen LogP contribution in [0.25, 0.3) is 0 Å². The van der Waals surface area contributed by atoms with Crippen LogP contribution in [0.1, 0.15) is 13.3 Å². The quantitative estimate of drug-likeness (QED) is 0.426. The van der Waals surface area contributed by atoms with E-state index in [1.807, 2.05) is 0 Å². The van der Waals surface area contributed by atoms with Crippen LogP contribution in [-0.4, -0.2) is 33.5 Å². The van der Waals surface area contributed by atoms with Crippen LogP contribution in [-0.2, 0) is 4.79 Å². The molecule has 0 amide bonds. The van der Waals surface area contributed by atoms with Gasteiger partial charge in [0.2, 0.25) is 0 Å². The van der Waals surface area contributed by atoms with Crippen LogP contribution in [0, 0.1) is 0 Å². The molecule has 0 bridgehead atoms. The van der Waals surface area contributed by atoms with Crippen molar-refractivity contribution in [3.05, 3.63) is 24.3 Å². The van der Waals surface area contributed by atoms with Crippen LogP contribution in [0.2, 0.25) is 0 Å². The summed E-state index contributed by atoms with van der Waals surface area (Å²) < 4.78 is 0. The van der Waals surface area contributed by atoms with Gasteiger partial charge in [0.25, 0.3) is 0 Å². The SMILES string of the molecule is C=CCC=C(C(=O)O)C(O)C(C)O. The van der Waals surface area contributed by atoms with Crippen molar-refractivity contribution in [2.45, 2.75) is 25.6 Å². The van der Waals surface area contributed by atoms with Crippen molar-refractivity contribution in [1.29, 1.82) is 0 Å². The first-order valence-corrected chi connectivity index (χ1v) is 3.91. The standard InChI is InChI=1S/C9H14O4/c1-3-4-5-7(9(12)13)8(11)6(2)10/h3,5-6,8,10-11H,1,4H2,2H3,(H,12,13). The molecule has 0 aliphatic rings. The van der Waals surface area contributed by atoms with E-state index >= 15 is 0 Å². The van der Waals surface area contributed by atoms with E-state index in [4.69, 9.17) is 10.2 Å². The van der Waals surface area contributed by atoms with Crippen LogP contribution < -0.4 is 0 Å². The predicted octanol–water partition coefficient (Wildman–Crippen LogP) is 0.315. The number of hydrogen-bond acceptors (Lipinski definition) is 3. The largest absolute Gasteiger partial charge is 0.478 e. The van der Waals surface area contributed by atoms with E-state index in [0.29, 0.717) is 6.42 Å². The molecule has 2 atom stereocenters. The Morgan fingerprint density at radius 2 is 2.08 bits per heavy atom. The van der Waals surface area contributed by atoms with Crippen LogP contribution in [0.4, 0.5) is 0 Å². The topological polar surface area (TPSA) is 77.8 Å². The highest BCUT2D eigenvalue weighted by Crippen LogP contribution is 2.08. The van der Waals surface area contributed by atoms with E-state index in [2.05, 4.69) is 6.58 Å². The first-order chi connectivity index (χ1) is 6.00. The van der Waals surface area contributed by atoms with Crippen molar-refractivity contribution < 1.29 is 20.1 Å². The van der Waals surface area contributed by atoms with Crippen molar-refractivity contribution in [2.24, 2.45) is 0 Å². The molecule has 4 nitrogen and oxygen atoms in total. The van der Waals surface area contributed by atoms with Crippen LogP contribution in [0.3, 0.4) is 0 Å². The second kappa shape index (κ2) is 5.50. The summed E-state index contributed by atoms with van der Waals surface area (Å²) in [4.78, 5) is 10.6. The van der Waals surface area contributed by atoms with Gasteiger partial charge in [-0.1, -0.05) is 12.2 Å². The number of allylic oxidation sites excluding steroid dienone is 2. The molecule has 0 aromatic heterocycles. The summed E-state index contributed by atoms with van der Waals surface area (Å²) >= 11 is 0. The number of carboxylic acids is 1. The summed E-state index contributed by atoms with van der Waals surface area (Å²) in [5.41, 5.74) is -0.199. The molecule has 0 radical (unpaired) electrons. The van der Waals surface area contributed by atoms with E-state index in [9.17, 15) is 9.90 Å². The monoisotopic (exact) mass is 186 g/mol. The highest BCUT2D eigenvalue weighted by molar-refractivity contribution is 5.87. The Kier molecular flexibility index (Phi) is 5.03. The maximum absolute atomic E-state index is 10.6. The molecule has 0 fully saturated rings. The van der Waals surface area contributed by atoms with Gasteiger partial charge < -0.3 is 15.3 Å². The number of aliphatic hydroxyl groups excluding tert-OH is 2. The number of hydrogen-bond donors (Lipinski definition) is 3. The molecule has 0 spiro atoms.